The van der Waals surface area contributed by atoms with E-state index in [0.717, 1.165) is 35.4 Å². The van der Waals surface area contributed by atoms with Gasteiger partial charge in [-0.1, -0.05) is 161 Å². The van der Waals surface area contributed by atoms with E-state index in [-0.39, 0.29) is 16.2 Å². The van der Waals surface area contributed by atoms with Gasteiger partial charge in [0, 0.05) is 22.2 Å². The second-order valence-electron chi connectivity index (χ2n) is 21.9. The van der Waals surface area contributed by atoms with E-state index in [0.29, 0.717) is 17.3 Å². The summed E-state index contributed by atoms with van der Waals surface area (Å²) in [6.45, 7) is 9.88. The summed E-state index contributed by atoms with van der Waals surface area (Å²) in [4.78, 5) is 2.64. The van der Waals surface area contributed by atoms with Gasteiger partial charge in [-0.25, -0.2) is 0 Å². The summed E-state index contributed by atoms with van der Waals surface area (Å²) in [6.07, 6.45) is 7.92. The van der Waals surface area contributed by atoms with Crippen LogP contribution in [0.15, 0.2) is 164 Å². The van der Waals surface area contributed by atoms with Gasteiger partial charge in [0.1, 0.15) is 5.75 Å². The van der Waals surface area contributed by atoms with Crippen LogP contribution in [-0.4, -0.2) is 0 Å². The molecule has 0 N–H and O–H groups in total. The van der Waals surface area contributed by atoms with Crippen molar-refractivity contribution in [2.45, 2.75) is 87.9 Å². The topological polar surface area (TPSA) is 12.5 Å². The van der Waals surface area contributed by atoms with Crippen LogP contribution in [0.3, 0.4) is 0 Å². The quantitative estimate of drug-likeness (QED) is 0.172. The lowest BCUT2D eigenvalue weighted by Crippen LogP contribution is -2.74. The maximum Gasteiger partial charge on any atom is 0.155 e. The Labute approximate surface area is 373 Å². The Kier molecular flexibility index (Phi) is 7.11. The normalized spacial score (nSPS) is 28.3. The van der Waals surface area contributed by atoms with Crippen LogP contribution < -0.4 is 9.64 Å². The van der Waals surface area contributed by atoms with Gasteiger partial charge in [-0.2, -0.15) is 0 Å². The molecule has 6 aliphatic carbocycles. The molecule has 7 aromatic carbocycles. The van der Waals surface area contributed by atoms with Crippen LogP contribution in [0, 0.1) is 29.1 Å². The molecule has 0 radical (unpaired) electrons. The fourth-order valence-corrected chi connectivity index (χ4v) is 16.1. The number of anilines is 3. The van der Waals surface area contributed by atoms with Crippen LogP contribution in [0.1, 0.15) is 111 Å². The zero-order valence-electron chi connectivity index (χ0n) is 37.0. The first-order chi connectivity index (χ1) is 30.7. The molecule has 0 aromatic heterocycles. The summed E-state index contributed by atoms with van der Waals surface area (Å²) < 4.78 is 7.47. The Bertz CT molecular complexity index is 3010. The lowest BCUT2D eigenvalue weighted by Gasteiger charge is -2.77. The van der Waals surface area contributed by atoms with Crippen molar-refractivity contribution in [1.29, 1.82) is 0 Å². The average molecular weight is 818 g/mol. The summed E-state index contributed by atoms with van der Waals surface area (Å²) in [5, 5.41) is 0. The lowest BCUT2D eigenvalue weighted by atomic mass is 9.26. The zero-order valence-corrected chi connectivity index (χ0v) is 37.0. The smallest absolute Gasteiger partial charge is 0.155 e. The Morgan fingerprint density at radius 1 is 0.508 bits per heavy atom. The number of para-hydroxylation sites is 2. The van der Waals surface area contributed by atoms with Crippen LogP contribution in [-0.2, 0) is 21.7 Å². The molecule has 6 atom stereocenters. The first-order valence-corrected chi connectivity index (χ1v) is 23.9. The highest BCUT2D eigenvalue weighted by atomic mass is 16.5. The van der Waals surface area contributed by atoms with E-state index in [1.807, 2.05) is 0 Å². The molecular weight excluding hydrogens is 763 g/mol. The van der Waals surface area contributed by atoms with E-state index < -0.39 is 5.41 Å². The van der Waals surface area contributed by atoms with Crippen LogP contribution in [0.25, 0.3) is 11.1 Å². The summed E-state index contributed by atoms with van der Waals surface area (Å²) in [6, 6.07) is 62.6. The molecule has 0 saturated heterocycles. The predicted molar refractivity (Wildman–Crippen MR) is 256 cm³/mol. The van der Waals surface area contributed by atoms with Crippen LogP contribution in [0.5, 0.6) is 11.5 Å². The highest BCUT2D eigenvalue weighted by Gasteiger charge is 2.84. The van der Waals surface area contributed by atoms with E-state index in [9.17, 15) is 0 Å². The molecule has 4 fully saturated rings. The van der Waals surface area contributed by atoms with Gasteiger partial charge in [-0.3, -0.25) is 0 Å². The fourth-order valence-electron chi connectivity index (χ4n) is 16.1. The first kappa shape index (κ1) is 36.6. The molecule has 2 heteroatoms. The van der Waals surface area contributed by atoms with Gasteiger partial charge in [0.25, 0.3) is 0 Å². The van der Waals surface area contributed by atoms with Crippen molar-refractivity contribution in [3.63, 3.8) is 0 Å². The van der Waals surface area contributed by atoms with E-state index in [1.165, 1.54) is 99.1 Å². The molecular formula is C61H55NO. The number of benzene rings is 7. The molecule has 63 heavy (non-hydrogen) atoms. The van der Waals surface area contributed by atoms with Gasteiger partial charge in [-0.15, -0.1) is 0 Å². The standard InChI is InChI=1S/C61H55NO/c1-57(2)31-32-58(3,4)55-47(57)24-15-26-50(55)62(42-29-30-44-43-21-11-12-22-45(43)60(49(44)36-42,39-17-7-5-8-18-39)40-19-9-6-10-20-40)51-27-16-25-48-56(51)63-52-28-14-13-23-46(52)61(48)53-34-38-33-41-35-54(61)59(41,53)37-38/h5-30,36,38,41,53-54H,31-35,37H2,1-4H3. The summed E-state index contributed by atoms with van der Waals surface area (Å²) >= 11 is 0. The number of ether oxygens (including phenoxy) is 1. The SMILES string of the molecule is CC1(C)CCC(C)(C)c2c(N(c3ccc4c(c3)C(c3ccccc3)(c3ccccc3)c3ccccc3-4)c3cccc4c3Oc3ccccc3C43C4CC5CC6CC3C64C5)cccc21. The largest absolute Gasteiger partial charge is 0.455 e. The van der Waals surface area contributed by atoms with Crippen molar-refractivity contribution in [3.8, 4) is 22.6 Å². The average Bonchev–Trinajstić information content (AvgIpc) is 3.95. The fraction of sp³-hybridized carbons (Fsp3) is 0.311. The van der Waals surface area contributed by atoms with E-state index in [4.69, 9.17) is 4.74 Å². The Morgan fingerprint density at radius 2 is 1.13 bits per heavy atom. The first-order valence-electron chi connectivity index (χ1n) is 23.9. The second-order valence-corrected chi connectivity index (χ2v) is 21.9. The molecule has 2 spiro atoms. The maximum atomic E-state index is 7.47. The van der Waals surface area contributed by atoms with Gasteiger partial charge in [0.2, 0.25) is 0 Å². The van der Waals surface area contributed by atoms with Gasteiger partial charge >= 0.3 is 0 Å². The van der Waals surface area contributed by atoms with Crippen molar-refractivity contribution in [3.05, 3.63) is 208 Å². The molecule has 1 aliphatic heterocycles. The Morgan fingerprint density at radius 3 is 1.89 bits per heavy atom. The number of hydrogen-bond donors (Lipinski definition) is 0. The van der Waals surface area contributed by atoms with Gasteiger partial charge in [0.15, 0.2) is 5.75 Å². The Hall–Kier alpha value is -5.86. The van der Waals surface area contributed by atoms with Crippen LogP contribution >= 0.6 is 0 Å². The third-order valence-electron chi connectivity index (χ3n) is 18.5. The van der Waals surface area contributed by atoms with Crippen molar-refractivity contribution in [2.75, 3.05) is 4.90 Å². The van der Waals surface area contributed by atoms with Crippen LogP contribution in [0.4, 0.5) is 17.1 Å². The molecule has 7 aromatic rings. The van der Waals surface area contributed by atoms with Gasteiger partial charge < -0.3 is 9.64 Å². The van der Waals surface area contributed by atoms with Crippen molar-refractivity contribution < 1.29 is 4.74 Å². The molecule has 6 unspecified atom stereocenters. The van der Waals surface area contributed by atoms with E-state index in [1.54, 1.807) is 0 Å². The van der Waals surface area contributed by atoms with Crippen molar-refractivity contribution >= 4 is 17.1 Å². The van der Waals surface area contributed by atoms with Crippen molar-refractivity contribution in [2.24, 2.45) is 29.1 Å². The minimum absolute atomic E-state index is 0.00967. The Balaban J connectivity index is 1.06. The molecule has 0 amide bonds. The molecule has 2 bridgehead atoms. The molecule has 1 heterocycles. The molecule has 310 valence electrons. The molecule has 14 rings (SSSR count). The van der Waals surface area contributed by atoms with Crippen LogP contribution in [0.2, 0.25) is 0 Å². The third kappa shape index (κ3) is 4.32. The van der Waals surface area contributed by atoms with E-state index >= 15 is 0 Å². The number of hydrogen-bond acceptors (Lipinski definition) is 2. The highest BCUT2D eigenvalue weighted by Crippen LogP contribution is 2.89. The predicted octanol–water partition coefficient (Wildman–Crippen LogP) is 15.3. The van der Waals surface area contributed by atoms with E-state index in [2.05, 4.69) is 196 Å². The van der Waals surface area contributed by atoms with Crippen molar-refractivity contribution in [1.82, 2.24) is 0 Å². The van der Waals surface area contributed by atoms with Gasteiger partial charge in [0.05, 0.1) is 16.8 Å². The molecule has 4 saturated carbocycles. The summed E-state index contributed by atoms with van der Waals surface area (Å²) in [5.41, 5.74) is 17.3. The minimum atomic E-state index is -0.508. The lowest BCUT2D eigenvalue weighted by molar-refractivity contribution is -0.235. The zero-order chi connectivity index (χ0) is 42.1. The number of nitrogens with zero attached hydrogens (tertiary/aromatic N) is 1. The monoisotopic (exact) mass is 817 g/mol. The highest BCUT2D eigenvalue weighted by molar-refractivity contribution is 5.91. The molecule has 2 nitrogen and oxygen atoms in total. The summed E-state index contributed by atoms with van der Waals surface area (Å²) in [7, 11) is 0. The molecule has 7 aliphatic rings. The summed E-state index contributed by atoms with van der Waals surface area (Å²) in [5.74, 6) is 5.28. The maximum absolute atomic E-state index is 7.47. The second kappa shape index (κ2) is 12.2. The third-order valence-corrected chi connectivity index (χ3v) is 18.5. The minimum Gasteiger partial charge on any atom is -0.455 e. The van der Waals surface area contributed by atoms with Gasteiger partial charge in [-0.05, 0) is 153 Å². The number of fused-ring (bicyclic) bond motifs is 11. The number of rotatable bonds is 5.